The summed E-state index contributed by atoms with van der Waals surface area (Å²) < 4.78 is 1.53. The smallest absolute Gasteiger partial charge is 0.326 e. The Balaban J connectivity index is 1.57. The molecule has 79 heavy (non-hydrogen) atoms. The second-order valence-electron chi connectivity index (χ2n) is 21.3. The van der Waals surface area contributed by atoms with Crippen LogP contribution in [0.1, 0.15) is 103 Å². The minimum Gasteiger partial charge on any atom is -0.480 e. The Morgan fingerprint density at radius 2 is 1.51 bits per heavy atom. The number of nitrogens with zero attached hydrogens (tertiary/aromatic N) is 3. The zero-order valence-corrected chi connectivity index (χ0v) is 44.9. The molecule has 4 aliphatic rings. The molecule has 0 aliphatic carbocycles. The molecule has 1 saturated heterocycles. The highest BCUT2D eigenvalue weighted by Gasteiger charge is 2.41. The van der Waals surface area contributed by atoms with E-state index in [1.165, 1.54) is 17.1 Å². The van der Waals surface area contributed by atoms with Gasteiger partial charge < -0.3 is 75.1 Å². The molecule has 3 aromatic rings. The normalized spacial score (nSPS) is 23.9. The van der Waals surface area contributed by atoms with E-state index in [1.807, 2.05) is 27.7 Å². The van der Waals surface area contributed by atoms with E-state index >= 15 is 0 Å². The predicted molar refractivity (Wildman–Crippen MR) is 284 cm³/mol. The molecular weight excluding hydrogens is 1030 g/mol. The predicted octanol–water partition coefficient (Wildman–Crippen LogP) is -3.29. The Morgan fingerprint density at radius 1 is 0.797 bits per heavy atom. The number of guanidine groups is 1. The first kappa shape index (κ1) is 59.7. The van der Waals surface area contributed by atoms with Gasteiger partial charge in [-0.25, -0.2) is 9.78 Å². The lowest BCUT2D eigenvalue weighted by atomic mass is 9.81. The second kappa shape index (κ2) is 26.2. The molecule has 9 atom stereocenters. The summed E-state index contributed by atoms with van der Waals surface area (Å²) in [5.74, 6) is -11.4. The van der Waals surface area contributed by atoms with Crippen LogP contribution in [0.25, 0.3) is 16.7 Å². The molecule has 10 amide bonds. The van der Waals surface area contributed by atoms with Crippen LogP contribution in [0.3, 0.4) is 0 Å². The first-order valence-electron chi connectivity index (χ1n) is 26.2. The number of nitrogens with two attached hydrogens (primary N) is 3. The molecule has 7 bridgehead atoms. The van der Waals surface area contributed by atoms with Gasteiger partial charge in [0, 0.05) is 54.4 Å². The van der Waals surface area contributed by atoms with Crippen molar-refractivity contribution < 1.29 is 57.8 Å². The maximum absolute atomic E-state index is 15.0. The SMILES string of the molecule is CC(C)CC1NC(=O)C(NC(=O)C2CCC(=O)N2)C(C(C)C)c2ccc3c4c([nH]c3c2)-n2cnc(c2)CC(C(=O)NC(CC(N)=O)C(=O)O)NC(=O)CNC(=O)C(CCCN=C(N)N)NC(=O)C(C4)NC(=O)C(C(C)C)NC1=O. The number of H-pyrrole nitrogens is 1. The highest BCUT2D eigenvalue weighted by Crippen LogP contribution is 2.35. The van der Waals surface area contributed by atoms with E-state index in [-0.39, 0.29) is 86.7 Å². The van der Waals surface area contributed by atoms with Crippen LogP contribution in [0.4, 0.5) is 0 Å². The van der Waals surface area contributed by atoms with Gasteiger partial charge in [0.05, 0.1) is 18.7 Å². The van der Waals surface area contributed by atoms with Crippen molar-refractivity contribution in [2.24, 2.45) is 39.9 Å². The van der Waals surface area contributed by atoms with Gasteiger partial charge in [-0.2, -0.15) is 0 Å². The van der Waals surface area contributed by atoms with Crippen LogP contribution in [0.15, 0.2) is 35.7 Å². The monoisotopic (exact) mass is 1100 g/mol. The summed E-state index contributed by atoms with van der Waals surface area (Å²) in [6, 6.07) is -5.79. The number of aromatic nitrogens is 3. The summed E-state index contributed by atoms with van der Waals surface area (Å²) in [5.41, 5.74) is 17.9. The summed E-state index contributed by atoms with van der Waals surface area (Å²) in [7, 11) is 0. The van der Waals surface area contributed by atoms with Crippen LogP contribution in [0.5, 0.6) is 0 Å². The molecule has 9 unspecified atom stereocenters. The van der Waals surface area contributed by atoms with E-state index < -0.39 is 132 Å². The molecule has 17 N–H and O–H groups in total. The summed E-state index contributed by atoms with van der Waals surface area (Å²) in [6.07, 6.45) is 1.86. The number of aliphatic imine (C=N–C) groups is 1. The molecule has 1 aromatic carbocycles. The van der Waals surface area contributed by atoms with Crippen molar-refractivity contribution in [1.82, 2.24) is 62.4 Å². The van der Waals surface area contributed by atoms with Crippen molar-refractivity contribution in [1.29, 1.82) is 0 Å². The van der Waals surface area contributed by atoms with Crippen LogP contribution in [-0.4, -0.2) is 152 Å². The average Bonchev–Trinajstić information content (AvgIpc) is 4.36. The molecule has 28 nitrogen and oxygen atoms in total. The Morgan fingerprint density at radius 3 is 2.14 bits per heavy atom. The van der Waals surface area contributed by atoms with Crippen LogP contribution >= 0.6 is 0 Å². The third-order valence-corrected chi connectivity index (χ3v) is 13.9. The largest absolute Gasteiger partial charge is 0.480 e. The number of imidazole rings is 1. The van der Waals surface area contributed by atoms with E-state index in [4.69, 9.17) is 17.2 Å². The number of carboxylic acid groups (broad SMARTS) is 1. The van der Waals surface area contributed by atoms with Crippen molar-refractivity contribution in [3.63, 3.8) is 0 Å². The van der Waals surface area contributed by atoms with Gasteiger partial charge in [-0.05, 0) is 55.1 Å². The van der Waals surface area contributed by atoms with Gasteiger partial charge in [-0.15, -0.1) is 0 Å². The highest BCUT2D eigenvalue weighted by atomic mass is 16.4. The number of rotatable bonds is 15. The van der Waals surface area contributed by atoms with Crippen molar-refractivity contribution >= 4 is 81.9 Å². The number of primary amides is 1. The summed E-state index contributed by atoms with van der Waals surface area (Å²) in [5, 5.41) is 34.3. The number of carbonyl (C=O) groups excluding carboxylic acids is 10. The third-order valence-electron chi connectivity index (χ3n) is 13.9. The summed E-state index contributed by atoms with van der Waals surface area (Å²) >= 11 is 0. The second-order valence-corrected chi connectivity index (χ2v) is 21.3. The lowest BCUT2D eigenvalue weighted by Crippen LogP contribution is -2.61. The minimum absolute atomic E-state index is 0.0253. The number of carboxylic acids is 1. The van der Waals surface area contributed by atoms with Gasteiger partial charge in [0.25, 0.3) is 0 Å². The number of amides is 10. The molecule has 428 valence electrons. The molecule has 4 aliphatic heterocycles. The fourth-order valence-corrected chi connectivity index (χ4v) is 9.93. The third kappa shape index (κ3) is 15.6. The number of hydrogen-bond acceptors (Lipinski definition) is 13. The Kier molecular flexibility index (Phi) is 19.8. The molecule has 6 heterocycles. The summed E-state index contributed by atoms with van der Waals surface area (Å²) in [6.45, 7) is 10.0. The standard InChI is InChI=1S/C51H72N16O12/c1-22(2)14-32-47(75)65-40(24(5)6)48(76)63-34-17-28-27-10-9-25(39(23(3)4)41(49(77)62-32)66-44(72)30-11-12-37(69)58-30)15-31(27)60-42(28)67-20-26(57-21-67)16-33(45(73)64-35(50(78)79)18-36(52)68)59-38(70)19-56-43(71)29(61-46(34)74)8-7-13-55-51(53)54/h9-10,15,20-24,29-30,32-35,39-41,60H,7-8,11-14,16-19H2,1-6H3,(H2,52,68)(H,56,71)(H,58,69)(H,59,70)(H,61,74)(H,62,77)(H,63,76)(H,64,73)(H,65,75)(H,66,72)(H,78,79)(H4,53,54,55). The summed E-state index contributed by atoms with van der Waals surface area (Å²) in [4.78, 5) is 163. The topological polar surface area (TPSA) is 440 Å². The zero-order chi connectivity index (χ0) is 58.0. The first-order chi connectivity index (χ1) is 37.3. The van der Waals surface area contributed by atoms with Gasteiger partial charge in [0.2, 0.25) is 59.1 Å². The van der Waals surface area contributed by atoms with Crippen molar-refractivity contribution in [3.8, 4) is 5.82 Å². The van der Waals surface area contributed by atoms with E-state index in [1.54, 1.807) is 32.0 Å². The van der Waals surface area contributed by atoms with Crippen molar-refractivity contribution in [2.75, 3.05) is 13.1 Å². The van der Waals surface area contributed by atoms with Gasteiger partial charge in [-0.3, -0.25) is 57.5 Å². The molecule has 1 fully saturated rings. The van der Waals surface area contributed by atoms with Gasteiger partial charge >= 0.3 is 5.97 Å². The van der Waals surface area contributed by atoms with E-state index in [0.29, 0.717) is 22.0 Å². The van der Waals surface area contributed by atoms with Crippen molar-refractivity contribution in [2.45, 2.75) is 147 Å². The molecule has 7 rings (SSSR count). The number of aliphatic carboxylic acids is 1. The van der Waals surface area contributed by atoms with Crippen LogP contribution in [0.2, 0.25) is 0 Å². The maximum Gasteiger partial charge on any atom is 0.326 e. The number of hydrogen-bond donors (Lipinski definition) is 14. The lowest BCUT2D eigenvalue weighted by molar-refractivity contribution is -0.143. The van der Waals surface area contributed by atoms with E-state index in [0.717, 1.165) is 0 Å². The lowest BCUT2D eigenvalue weighted by Gasteiger charge is -2.33. The van der Waals surface area contributed by atoms with Crippen LogP contribution in [0, 0.1) is 17.8 Å². The Hall–Kier alpha value is -8.59. The highest BCUT2D eigenvalue weighted by molar-refractivity contribution is 6.00. The number of benzene rings is 1. The number of carbonyl (C=O) groups is 11. The fraction of sp³-hybridized carbons (Fsp3) is 0.549. The van der Waals surface area contributed by atoms with Crippen LogP contribution in [-0.2, 0) is 65.6 Å². The molecule has 2 aromatic heterocycles. The Labute approximate surface area is 454 Å². The van der Waals surface area contributed by atoms with E-state index in [9.17, 15) is 57.8 Å². The molecule has 28 heteroatoms. The van der Waals surface area contributed by atoms with Gasteiger partial charge in [0.1, 0.15) is 60.5 Å². The zero-order valence-electron chi connectivity index (χ0n) is 44.9. The quantitative estimate of drug-likeness (QED) is 0.0307. The number of nitrogens with one attached hydrogen (secondary N) is 10. The average molecular weight is 1100 g/mol. The first-order valence-corrected chi connectivity index (χ1v) is 26.2. The molecular formula is C51H72N16O12. The van der Waals surface area contributed by atoms with Gasteiger partial charge in [-0.1, -0.05) is 53.7 Å². The molecule has 0 radical (unpaired) electrons. The van der Waals surface area contributed by atoms with Crippen LogP contribution < -0.4 is 65.1 Å². The fourth-order valence-electron chi connectivity index (χ4n) is 9.93. The van der Waals surface area contributed by atoms with E-state index in [2.05, 4.69) is 62.8 Å². The van der Waals surface area contributed by atoms with Gasteiger partial charge in [0.15, 0.2) is 5.96 Å². The number of aromatic amines is 1. The molecule has 0 spiro atoms. The Bertz CT molecular complexity index is 2870. The minimum atomic E-state index is -1.78. The molecule has 0 saturated carbocycles. The number of fused-ring (bicyclic) bond motifs is 13. The maximum atomic E-state index is 15.0. The van der Waals surface area contributed by atoms with Crippen molar-refractivity contribution in [3.05, 3.63) is 47.5 Å².